The van der Waals surface area contributed by atoms with Crippen molar-refractivity contribution in [3.63, 3.8) is 0 Å². The molecule has 0 heterocycles. The molecule has 1 rings (SSSR count). The largest absolute Gasteiger partial charge is 0.410 e. The van der Waals surface area contributed by atoms with Gasteiger partial charge in [-0.25, -0.2) is 0 Å². The third kappa shape index (κ3) is 1.09. The van der Waals surface area contributed by atoms with E-state index in [1.165, 1.54) is 0 Å². The summed E-state index contributed by atoms with van der Waals surface area (Å²) in [5, 5.41) is 20.6. The van der Waals surface area contributed by atoms with Crippen molar-refractivity contribution >= 4 is 0 Å². The average Bonchev–Trinajstić information content (AvgIpc) is 2.06. The van der Waals surface area contributed by atoms with Crippen LogP contribution in [-0.4, -0.2) is 10.4 Å². The molecule has 2 N–H and O–H groups in total. The summed E-state index contributed by atoms with van der Waals surface area (Å²) < 4.78 is 0. The van der Waals surface area contributed by atoms with E-state index in [0.29, 0.717) is 0 Å². The zero-order valence-electron chi connectivity index (χ0n) is 5.76. The highest BCUT2D eigenvalue weighted by Crippen LogP contribution is 1.54. The van der Waals surface area contributed by atoms with Crippen LogP contribution in [0.2, 0.25) is 0 Å². The van der Waals surface area contributed by atoms with Gasteiger partial charge in [0.1, 0.15) is 0 Å². The Hall–Kier alpha value is -1.98. The standard InChI is InChI=1S/C6H4N2O4/c9-4-2-1-3(7-11)6(10)5(4)8-12/h1-2,11-12H. The maximum absolute atomic E-state index is 10.9. The topological polar surface area (TPSA) is 99.3 Å². The van der Waals surface area contributed by atoms with Crippen molar-refractivity contribution in [3.05, 3.63) is 43.3 Å². The van der Waals surface area contributed by atoms with Gasteiger partial charge in [0.15, 0.2) is 10.7 Å². The number of benzene rings is 1. The number of nitrogens with zero attached hydrogens (tertiary/aromatic N) is 2. The lowest BCUT2D eigenvalue weighted by molar-refractivity contribution is 0.295. The van der Waals surface area contributed by atoms with Crippen molar-refractivity contribution in [2.75, 3.05) is 0 Å². The lowest BCUT2D eigenvalue weighted by atomic mass is 10.3. The van der Waals surface area contributed by atoms with Crippen LogP contribution in [0.3, 0.4) is 0 Å². The molecule has 0 atom stereocenters. The van der Waals surface area contributed by atoms with Gasteiger partial charge in [0.05, 0.1) is 0 Å². The molecule has 0 bridgehead atoms. The van der Waals surface area contributed by atoms with Crippen LogP contribution in [0.5, 0.6) is 0 Å². The molecule has 0 aromatic heterocycles. The SMILES string of the molecule is O=c1ccc(=NO)c(=O)c1=NO. The summed E-state index contributed by atoms with van der Waals surface area (Å²) >= 11 is 0. The van der Waals surface area contributed by atoms with Gasteiger partial charge in [-0.15, -0.1) is 0 Å². The monoisotopic (exact) mass is 168 g/mol. The maximum atomic E-state index is 10.9. The summed E-state index contributed by atoms with van der Waals surface area (Å²) in [6.07, 6.45) is 0. The molecule has 0 saturated carbocycles. The summed E-state index contributed by atoms with van der Waals surface area (Å²) in [6, 6.07) is 2.02. The fourth-order valence-electron chi connectivity index (χ4n) is 0.716. The number of hydrogen-bond acceptors (Lipinski definition) is 6. The Morgan fingerprint density at radius 3 is 2.25 bits per heavy atom. The molecule has 0 aliphatic rings. The van der Waals surface area contributed by atoms with Crippen molar-refractivity contribution < 1.29 is 10.4 Å². The Bertz CT molecular complexity index is 496. The Labute approximate surface area is 65.0 Å². The molecule has 12 heavy (non-hydrogen) atoms. The highest BCUT2D eigenvalue weighted by atomic mass is 16.4. The highest BCUT2D eigenvalue weighted by Gasteiger charge is 1.99. The van der Waals surface area contributed by atoms with Gasteiger partial charge in [0.25, 0.3) is 0 Å². The second kappa shape index (κ2) is 2.95. The van der Waals surface area contributed by atoms with Crippen molar-refractivity contribution in [2.24, 2.45) is 10.3 Å². The molecule has 6 heteroatoms. The second-order valence-electron chi connectivity index (χ2n) is 1.96. The number of rotatable bonds is 0. The van der Waals surface area contributed by atoms with E-state index in [1.807, 2.05) is 0 Å². The van der Waals surface area contributed by atoms with E-state index in [2.05, 4.69) is 10.3 Å². The molecule has 0 amide bonds. The minimum atomic E-state index is -0.896. The van der Waals surface area contributed by atoms with Crippen LogP contribution in [0, 0.1) is 0 Å². The second-order valence-corrected chi connectivity index (χ2v) is 1.96. The van der Waals surface area contributed by atoms with Gasteiger partial charge in [-0.1, -0.05) is 10.3 Å². The molecular weight excluding hydrogens is 164 g/mol. The van der Waals surface area contributed by atoms with Gasteiger partial charge in [-0.2, -0.15) is 0 Å². The van der Waals surface area contributed by atoms with Crippen molar-refractivity contribution in [1.29, 1.82) is 0 Å². The first-order valence-corrected chi connectivity index (χ1v) is 2.92. The van der Waals surface area contributed by atoms with Crippen molar-refractivity contribution in [1.82, 2.24) is 0 Å². The Balaban J connectivity index is 3.96. The third-order valence-corrected chi connectivity index (χ3v) is 1.28. The summed E-state index contributed by atoms with van der Waals surface area (Å²) in [7, 11) is 0. The molecule has 1 aromatic carbocycles. The van der Waals surface area contributed by atoms with Crippen LogP contribution >= 0.6 is 0 Å². The van der Waals surface area contributed by atoms with Gasteiger partial charge >= 0.3 is 0 Å². The molecule has 0 radical (unpaired) electrons. The van der Waals surface area contributed by atoms with E-state index in [1.54, 1.807) is 0 Å². The summed E-state index contributed by atoms with van der Waals surface area (Å²) in [6.45, 7) is 0. The third-order valence-electron chi connectivity index (χ3n) is 1.28. The Morgan fingerprint density at radius 1 is 1.08 bits per heavy atom. The number of hydrogen-bond donors (Lipinski definition) is 2. The molecule has 1 aromatic rings. The maximum Gasteiger partial charge on any atom is 0.240 e. The summed E-state index contributed by atoms with van der Waals surface area (Å²) in [5.41, 5.74) is -1.61. The van der Waals surface area contributed by atoms with Crippen molar-refractivity contribution in [2.45, 2.75) is 0 Å². The molecule has 6 nitrogen and oxygen atoms in total. The molecule has 0 saturated heterocycles. The minimum absolute atomic E-state index is 0.331. The van der Waals surface area contributed by atoms with E-state index in [0.717, 1.165) is 12.1 Å². The van der Waals surface area contributed by atoms with Gasteiger partial charge in [-0.05, 0) is 12.1 Å². The van der Waals surface area contributed by atoms with E-state index in [9.17, 15) is 9.59 Å². The lowest BCUT2D eigenvalue weighted by Gasteiger charge is -1.79. The van der Waals surface area contributed by atoms with Crippen LogP contribution in [0.4, 0.5) is 0 Å². The predicted molar refractivity (Wildman–Crippen MR) is 36.1 cm³/mol. The molecule has 0 spiro atoms. The highest BCUT2D eigenvalue weighted by molar-refractivity contribution is 5.01. The fourth-order valence-corrected chi connectivity index (χ4v) is 0.716. The first kappa shape index (κ1) is 8.12. The molecule has 0 fully saturated rings. The van der Waals surface area contributed by atoms with Gasteiger partial charge in [0, 0.05) is 0 Å². The van der Waals surface area contributed by atoms with Crippen LogP contribution < -0.4 is 21.6 Å². The first-order valence-electron chi connectivity index (χ1n) is 2.92. The summed E-state index contributed by atoms with van der Waals surface area (Å²) in [5.74, 6) is 0. The first-order chi connectivity index (χ1) is 5.70. The quantitative estimate of drug-likeness (QED) is 0.341. The minimum Gasteiger partial charge on any atom is -0.410 e. The van der Waals surface area contributed by atoms with Crippen molar-refractivity contribution in [3.8, 4) is 0 Å². The smallest absolute Gasteiger partial charge is 0.240 e. The van der Waals surface area contributed by atoms with Gasteiger partial charge < -0.3 is 10.4 Å². The van der Waals surface area contributed by atoms with Crippen LogP contribution in [0.1, 0.15) is 0 Å². The zero-order chi connectivity index (χ0) is 9.14. The Kier molecular flexibility index (Phi) is 2.00. The van der Waals surface area contributed by atoms with Gasteiger partial charge in [-0.3, -0.25) is 9.59 Å². The average molecular weight is 168 g/mol. The Morgan fingerprint density at radius 2 is 1.75 bits per heavy atom. The normalized spacial score (nSPS) is 13.7. The van der Waals surface area contributed by atoms with Crippen LogP contribution in [0.15, 0.2) is 32.0 Å². The predicted octanol–water partition coefficient (Wildman–Crippen LogP) is -2.14. The van der Waals surface area contributed by atoms with E-state index in [-0.39, 0.29) is 5.36 Å². The van der Waals surface area contributed by atoms with E-state index in [4.69, 9.17) is 10.4 Å². The van der Waals surface area contributed by atoms with E-state index < -0.39 is 16.2 Å². The molecule has 0 aliphatic carbocycles. The lowest BCUT2D eigenvalue weighted by Crippen LogP contribution is -2.47. The van der Waals surface area contributed by atoms with Gasteiger partial charge in [0.2, 0.25) is 10.9 Å². The zero-order valence-corrected chi connectivity index (χ0v) is 5.76. The van der Waals surface area contributed by atoms with E-state index >= 15 is 0 Å². The fraction of sp³-hybridized carbons (Fsp3) is 0. The molecule has 0 aliphatic heterocycles. The van der Waals surface area contributed by atoms with Crippen LogP contribution in [0.25, 0.3) is 0 Å². The summed E-state index contributed by atoms with van der Waals surface area (Å²) in [4.78, 5) is 21.7. The molecular formula is C6H4N2O4. The molecule has 0 unspecified atom stereocenters. The molecule has 62 valence electrons. The van der Waals surface area contributed by atoms with Crippen LogP contribution in [-0.2, 0) is 0 Å².